The molecule has 0 saturated carbocycles. The van der Waals surface area contributed by atoms with Gasteiger partial charge in [0.15, 0.2) is 16.4 Å². The first kappa shape index (κ1) is 10.1. The summed E-state index contributed by atoms with van der Waals surface area (Å²) in [5.41, 5.74) is 5.59. The summed E-state index contributed by atoms with van der Waals surface area (Å²) in [6, 6.07) is 2.98. The predicted octanol–water partition coefficient (Wildman–Crippen LogP) is -0.313. The number of ether oxygens (including phenoxy) is 2. The topological polar surface area (TPSA) is 105 Å². The highest BCUT2D eigenvalue weighted by atomic mass is 32.2. The lowest BCUT2D eigenvalue weighted by Gasteiger charge is -2.21. The monoisotopic (exact) mass is 230 g/mol. The number of fused-ring (bicyclic) bond motifs is 1. The van der Waals surface area contributed by atoms with Gasteiger partial charge >= 0.3 is 0 Å². The smallest absolute Gasteiger partial charge is 0.243 e. The van der Waals surface area contributed by atoms with E-state index in [1.807, 2.05) is 0 Å². The van der Waals surface area contributed by atoms with Crippen molar-refractivity contribution in [3.63, 3.8) is 0 Å². The van der Waals surface area contributed by atoms with E-state index in [9.17, 15) is 8.42 Å². The maximum Gasteiger partial charge on any atom is 0.243 e. The molecule has 0 fully saturated rings. The second-order valence-electron chi connectivity index (χ2n) is 3.05. The summed E-state index contributed by atoms with van der Waals surface area (Å²) in [6.45, 7) is 0.653. The van der Waals surface area contributed by atoms with E-state index in [1.165, 1.54) is 6.07 Å². The van der Waals surface area contributed by atoms with Crippen LogP contribution >= 0.6 is 0 Å². The van der Waals surface area contributed by atoms with Crippen LogP contribution in [0.15, 0.2) is 17.0 Å². The molecule has 0 atom stereocenters. The molecule has 6 nitrogen and oxygen atoms in total. The normalized spacial score (nSPS) is 15.0. The van der Waals surface area contributed by atoms with Gasteiger partial charge in [-0.2, -0.15) is 0 Å². The molecule has 0 bridgehead atoms. The van der Waals surface area contributed by atoms with Gasteiger partial charge in [0, 0.05) is 0 Å². The van der Waals surface area contributed by atoms with Gasteiger partial charge in [0.1, 0.15) is 13.2 Å². The Kier molecular flexibility index (Phi) is 2.20. The van der Waals surface area contributed by atoms with E-state index in [4.69, 9.17) is 20.3 Å². The second-order valence-corrected chi connectivity index (χ2v) is 4.55. The molecule has 1 aliphatic rings. The van der Waals surface area contributed by atoms with E-state index in [2.05, 4.69) is 0 Å². The van der Waals surface area contributed by atoms with Crippen molar-refractivity contribution in [1.82, 2.24) is 0 Å². The second kappa shape index (κ2) is 3.28. The van der Waals surface area contributed by atoms with Crippen LogP contribution in [-0.4, -0.2) is 21.6 Å². The molecule has 15 heavy (non-hydrogen) atoms. The maximum atomic E-state index is 11.3. The van der Waals surface area contributed by atoms with Crippen molar-refractivity contribution < 1.29 is 17.9 Å². The molecule has 0 amide bonds. The van der Waals surface area contributed by atoms with Gasteiger partial charge in [-0.1, -0.05) is 0 Å². The standard InChI is InChI=1S/C8H10N2O4S/c9-5-1-2-6-7(14-4-3-13-6)8(5)15(10,11)12/h1-2H,3-4,9H2,(H2,10,11,12). The largest absolute Gasteiger partial charge is 0.486 e. The van der Waals surface area contributed by atoms with Crippen LogP contribution in [-0.2, 0) is 10.0 Å². The number of benzene rings is 1. The molecule has 7 heteroatoms. The zero-order valence-corrected chi connectivity index (χ0v) is 8.58. The van der Waals surface area contributed by atoms with E-state index in [0.29, 0.717) is 12.4 Å². The number of rotatable bonds is 1. The van der Waals surface area contributed by atoms with Crippen molar-refractivity contribution in [3.05, 3.63) is 12.1 Å². The first-order valence-electron chi connectivity index (χ1n) is 4.21. The number of nitrogen functional groups attached to an aromatic ring is 1. The van der Waals surface area contributed by atoms with Gasteiger partial charge in [0.2, 0.25) is 10.0 Å². The molecule has 0 unspecified atom stereocenters. The molecule has 1 aromatic carbocycles. The van der Waals surface area contributed by atoms with Crippen molar-refractivity contribution in [3.8, 4) is 11.5 Å². The lowest BCUT2D eigenvalue weighted by Crippen LogP contribution is -2.21. The molecule has 2 rings (SSSR count). The minimum absolute atomic E-state index is 0.0572. The number of anilines is 1. The van der Waals surface area contributed by atoms with Crippen LogP contribution < -0.4 is 20.3 Å². The predicted molar refractivity (Wildman–Crippen MR) is 53.2 cm³/mol. The molecule has 0 aliphatic carbocycles. The number of hydrogen-bond donors (Lipinski definition) is 2. The van der Waals surface area contributed by atoms with Crippen molar-refractivity contribution in [2.75, 3.05) is 18.9 Å². The van der Waals surface area contributed by atoms with E-state index in [1.54, 1.807) is 6.07 Å². The molecule has 0 spiro atoms. The Labute approximate surface area is 86.8 Å². The molecule has 0 saturated heterocycles. The fraction of sp³-hybridized carbons (Fsp3) is 0.250. The van der Waals surface area contributed by atoms with Gasteiger partial charge in [-0.3, -0.25) is 0 Å². The molecule has 0 aromatic heterocycles. The summed E-state index contributed by atoms with van der Waals surface area (Å²) in [5.74, 6) is 0.447. The van der Waals surface area contributed by atoms with Gasteiger partial charge in [0.25, 0.3) is 0 Å². The third-order valence-electron chi connectivity index (χ3n) is 1.98. The van der Waals surface area contributed by atoms with Gasteiger partial charge in [-0.05, 0) is 12.1 Å². The third kappa shape index (κ3) is 1.71. The first-order valence-corrected chi connectivity index (χ1v) is 5.75. The average molecular weight is 230 g/mol. The van der Waals surface area contributed by atoms with Crippen LogP contribution in [0.4, 0.5) is 5.69 Å². The Morgan fingerprint density at radius 3 is 2.53 bits per heavy atom. The summed E-state index contributed by atoms with van der Waals surface area (Å²) in [5, 5.41) is 5.04. The summed E-state index contributed by atoms with van der Waals surface area (Å²) in [7, 11) is -3.90. The summed E-state index contributed by atoms with van der Waals surface area (Å²) >= 11 is 0. The minimum Gasteiger partial charge on any atom is -0.486 e. The molecule has 4 N–H and O–H groups in total. The van der Waals surface area contributed by atoms with Crippen LogP contribution in [0.5, 0.6) is 11.5 Å². The zero-order chi connectivity index (χ0) is 11.1. The molecule has 1 heterocycles. The highest BCUT2D eigenvalue weighted by Gasteiger charge is 2.25. The molecule has 0 radical (unpaired) electrons. The highest BCUT2D eigenvalue weighted by molar-refractivity contribution is 7.89. The third-order valence-corrected chi connectivity index (χ3v) is 2.97. The Morgan fingerprint density at radius 2 is 1.87 bits per heavy atom. The fourth-order valence-corrected chi connectivity index (χ4v) is 2.21. The van der Waals surface area contributed by atoms with Crippen LogP contribution in [0.3, 0.4) is 0 Å². The van der Waals surface area contributed by atoms with Crippen LogP contribution in [0, 0.1) is 0 Å². The molecular weight excluding hydrogens is 220 g/mol. The fourth-order valence-electron chi connectivity index (χ4n) is 1.40. The molecular formula is C8H10N2O4S. The lowest BCUT2D eigenvalue weighted by atomic mass is 10.2. The van der Waals surface area contributed by atoms with Gasteiger partial charge in [-0.15, -0.1) is 0 Å². The number of primary sulfonamides is 1. The Bertz CT molecular complexity index is 498. The summed E-state index contributed by atoms with van der Waals surface area (Å²) < 4.78 is 33.0. The van der Waals surface area contributed by atoms with Gasteiger partial charge in [0.05, 0.1) is 5.69 Å². The van der Waals surface area contributed by atoms with E-state index >= 15 is 0 Å². The van der Waals surface area contributed by atoms with E-state index < -0.39 is 10.0 Å². The quantitative estimate of drug-likeness (QED) is 0.644. The lowest BCUT2D eigenvalue weighted by molar-refractivity contribution is 0.167. The van der Waals surface area contributed by atoms with Crippen molar-refractivity contribution in [2.45, 2.75) is 4.90 Å². The number of hydrogen-bond acceptors (Lipinski definition) is 5. The minimum atomic E-state index is -3.90. The molecule has 1 aliphatic heterocycles. The highest BCUT2D eigenvalue weighted by Crippen LogP contribution is 2.39. The average Bonchev–Trinajstić information content (AvgIpc) is 2.15. The van der Waals surface area contributed by atoms with Crippen molar-refractivity contribution in [2.24, 2.45) is 5.14 Å². The van der Waals surface area contributed by atoms with Crippen molar-refractivity contribution in [1.29, 1.82) is 0 Å². The molecule has 1 aromatic rings. The van der Waals surface area contributed by atoms with Crippen LogP contribution in [0.2, 0.25) is 0 Å². The summed E-state index contributed by atoms with van der Waals surface area (Å²) in [4.78, 5) is -0.209. The number of sulfonamides is 1. The first-order chi connectivity index (χ1) is 7.00. The maximum absolute atomic E-state index is 11.3. The van der Waals surface area contributed by atoms with Crippen LogP contribution in [0.1, 0.15) is 0 Å². The van der Waals surface area contributed by atoms with E-state index in [-0.39, 0.29) is 22.9 Å². The van der Waals surface area contributed by atoms with Crippen LogP contribution in [0.25, 0.3) is 0 Å². The van der Waals surface area contributed by atoms with Gasteiger partial charge < -0.3 is 15.2 Å². The van der Waals surface area contributed by atoms with Gasteiger partial charge in [-0.25, -0.2) is 13.6 Å². The molecule has 82 valence electrons. The summed E-state index contributed by atoms with van der Waals surface area (Å²) in [6.07, 6.45) is 0. The van der Waals surface area contributed by atoms with Crippen molar-refractivity contribution >= 4 is 15.7 Å². The SMILES string of the molecule is Nc1ccc2c(c1S(N)(=O)=O)OCCO2. The Hall–Kier alpha value is -1.47. The number of nitrogens with two attached hydrogens (primary N) is 2. The Morgan fingerprint density at radius 1 is 1.20 bits per heavy atom. The van der Waals surface area contributed by atoms with E-state index in [0.717, 1.165) is 0 Å². The zero-order valence-electron chi connectivity index (χ0n) is 7.76. The Balaban J connectivity index is 2.71.